The Morgan fingerprint density at radius 3 is 2.41 bits per heavy atom. The lowest BCUT2D eigenvalue weighted by Crippen LogP contribution is -2.45. The van der Waals surface area contributed by atoms with E-state index in [9.17, 15) is 14.7 Å². The van der Waals surface area contributed by atoms with E-state index < -0.39 is 29.9 Å². The number of aromatic nitrogens is 3. The zero-order valence-corrected chi connectivity index (χ0v) is 19.4. The van der Waals surface area contributed by atoms with Crippen LogP contribution in [0.2, 0.25) is 0 Å². The maximum Gasteiger partial charge on any atom is 0.314 e. The van der Waals surface area contributed by atoms with Crippen LogP contribution in [0.25, 0.3) is 11.1 Å². The molecule has 0 aliphatic rings. The molecule has 34 heavy (non-hydrogen) atoms. The molecule has 1 aromatic heterocycles. The zero-order valence-electron chi connectivity index (χ0n) is 19.4. The van der Waals surface area contributed by atoms with Crippen molar-refractivity contribution in [2.75, 3.05) is 26.9 Å². The number of aromatic amines is 1. The van der Waals surface area contributed by atoms with E-state index in [0.29, 0.717) is 6.42 Å². The summed E-state index contributed by atoms with van der Waals surface area (Å²) in [7, 11) is 1.51. The number of ether oxygens (including phenoxy) is 2. The number of carbonyl (C=O) groups is 2. The van der Waals surface area contributed by atoms with E-state index in [0.717, 1.165) is 16.7 Å². The standard InChI is InChI=1S/C25H30N4O5/c1-25(17-30,24(32)34-13-12-33-2)15-21(27-23(31)22-16-26-29-28-22)14-18-8-10-20(11-9-18)19-6-4-3-5-7-19/h3-11,16,21,30H,12-15,17H2,1-2H3,(H,27,31)(H,26,28,29)/t21-,25?/m1/s1. The number of esters is 1. The summed E-state index contributed by atoms with van der Waals surface area (Å²) in [5, 5.41) is 22.7. The molecular weight excluding hydrogens is 436 g/mol. The fourth-order valence-corrected chi connectivity index (χ4v) is 3.64. The number of nitrogens with one attached hydrogen (secondary N) is 2. The lowest BCUT2D eigenvalue weighted by molar-refractivity contribution is -0.159. The summed E-state index contributed by atoms with van der Waals surface area (Å²) < 4.78 is 10.2. The molecule has 0 saturated carbocycles. The third-order valence-corrected chi connectivity index (χ3v) is 5.60. The molecule has 9 nitrogen and oxygen atoms in total. The summed E-state index contributed by atoms with van der Waals surface area (Å²) >= 11 is 0. The van der Waals surface area contributed by atoms with Crippen LogP contribution >= 0.6 is 0 Å². The summed E-state index contributed by atoms with van der Waals surface area (Å²) in [4.78, 5) is 25.4. The number of aliphatic hydroxyl groups excluding tert-OH is 1. The number of nitrogens with zero attached hydrogens (tertiary/aromatic N) is 2. The number of hydrogen-bond donors (Lipinski definition) is 3. The topological polar surface area (TPSA) is 126 Å². The van der Waals surface area contributed by atoms with Gasteiger partial charge in [-0.3, -0.25) is 14.7 Å². The highest BCUT2D eigenvalue weighted by Gasteiger charge is 2.37. The molecule has 3 aromatic rings. The first kappa shape index (κ1) is 25.1. The Labute approximate surface area is 198 Å². The van der Waals surface area contributed by atoms with E-state index in [2.05, 4.69) is 20.7 Å². The number of hydrogen-bond acceptors (Lipinski definition) is 7. The van der Waals surface area contributed by atoms with Crippen molar-refractivity contribution in [3.8, 4) is 11.1 Å². The average Bonchev–Trinajstić information content (AvgIpc) is 3.40. The van der Waals surface area contributed by atoms with E-state index in [4.69, 9.17) is 9.47 Å². The smallest absolute Gasteiger partial charge is 0.314 e. The van der Waals surface area contributed by atoms with Gasteiger partial charge in [0, 0.05) is 13.2 Å². The summed E-state index contributed by atoms with van der Waals surface area (Å²) in [6.07, 6.45) is 1.94. The molecule has 1 amide bonds. The second-order valence-electron chi connectivity index (χ2n) is 8.36. The number of benzene rings is 2. The summed E-state index contributed by atoms with van der Waals surface area (Å²) in [6, 6.07) is 17.6. The van der Waals surface area contributed by atoms with Gasteiger partial charge in [0.2, 0.25) is 0 Å². The van der Waals surface area contributed by atoms with Crippen LogP contribution in [0.3, 0.4) is 0 Å². The first-order valence-corrected chi connectivity index (χ1v) is 11.0. The quantitative estimate of drug-likeness (QED) is 0.276. The largest absolute Gasteiger partial charge is 0.463 e. The minimum absolute atomic E-state index is 0.0860. The van der Waals surface area contributed by atoms with E-state index >= 15 is 0 Å². The highest BCUT2D eigenvalue weighted by molar-refractivity contribution is 5.92. The Bertz CT molecular complexity index is 1040. The SMILES string of the molecule is COCCOC(=O)C(C)(CO)C[C@@H](Cc1ccc(-c2ccccc2)cc1)NC(=O)c1cnn[nH]1. The molecule has 0 bridgehead atoms. The van der Waals surface area contributed by atoms with Gasteiger partial charge in [0.25, 0.3) is 5.91 Å². The van der Waals surface area contributed by atoms with E-state index in [1.165, 1.54) is 13.3 Å². The predicted molar refractivity (Wildman–Crippen MR) is 126 cm³/mol. The minimum atomic E-state index is -1.21. The first-order valence-electron chi connectivity index (χ1n) is 11.0. The lowest BCUT2D eigenvalue weighted by Gasteiger charge is -2.30. The van der Waals surface area contributed by atoms with Gasteiger partial charge in [0.05, 0.1) is 24.8 Å². The maximum atomic E-state index is 12.7. The fraction of sp³-hybridized carbons (Fsp3) is 0.360. The fourth-order valence-electron chi connectivity index (χ4n) is 3.64. The molecule has 180 valence electrons. The number of aliphatic hydroxyl groups is 1. The van der Waals surface area contributed by atoms with Crippen molar-refractivity contribution in [3.05, 3.63) is 72.1 Å². The van der Waals surface area contributed by atoms with Gasteiger partial charge < -0.3 is 19.9 Å². The predicted octanol–water partition coefficient (Wildman–Crippen LogP) is 2.39. The molecule has 0 fully saturated rings. The van der Waals surface area contributed by atoms with Gasteiger partial charge in [-0.05, 0) is 36.5 Å². The van der Waals surface area contributed by atoms with E-state index in [1.54, 1.807) is 6.92 Å². The Balaban J connectivity index is 1.77. The third kappa shape index (κ3) is 6.72. The van der Waals surface area contributed by atoms with Gasteiger partial charge in [-0.2, -0.15) is 0 Å². The molecule has 3 rings (SSSR count). The van der Waals surface area contributed by atoms with Crippen LogP contribution in [0, 0.1) is 5.41 Å². The zero-order chi connectivity index (χ0) is 24.4. The number of methoxy groups -OCH3 is 1. The minimum Gasteiger partial charge on any atom is -0.463 e. The molecule has 2 atom stereocenters. The van der Waals surface area contributed by atoms with Crippen LogP contribution in [0.5, 0.6) is 0 Å². The molecule has 0 saturated heterocycles. The monoisotopic (exact) mass is 466 g/mol. The Hall–Kier alpha value is -3.56. The maximum absolute atomic E-state index is 12.7. The van der Waals surface area contributed by atoms with Gasteiger partial charge in [0.15, 0.2) is 0 Å². The van der Waals surface area contributed by atoms with Gasteiger partial charge in [-0.25, -0.2) is 0 Å². The van der Waals surface area contributed by atoms with E-state index in [1.807, 2.05) is 54.6 Å². The van der Waals surface area contributed by atoms with Crippen LogP contribution in [0.4, 0.5) is 0 Å². The van der Waals surface area contributed by atoms with Gasteiger partial charge in [-0.1, -0.05) is 59.8 Å². The van der Waals surface area contributed by atoms with Crippen LogP contribution in [-0.2, 0) is 20.7 Å². The van der Waals surface area contributed by atoms with E-state index in [-0.39, 0.29) is 25.3 Å². The van der Waals surface area contributed by atoms with Crippen molar-refractivity contribution >= 4 is 11.9 Å². The number of H-pyrrole nitrogens is 1. The van der Waals surface area contributed by atoms with Crippen molar-refractivity contribution in [1.29, 1.82) is 0 Å². The van der Waals surface area contributed by atoms with Gasteiger partial charge in [0.1, 0.15) is 12.3 Å². The second kappa shape index (κ2) is 12.1. The molecule has 1 unspecified atom stereocenters. The highest BCUT2D eigenvalue weighted by atomic mass is 16.6. The summed E-state index contributed by atoms with van der Waals surface area (Å²) in [5.74, 6) is -0.946. The Kier molecular flexibility index (Phi) is 8.89. The molecule has 2 aromatic carbocycles. The molecule has 0 radical (unpaired) electrons. The van der Waals surface area contributed by atoms with Crippen molar-refractivity contribution in [1.82, 2.24) is 20.7 Å². The number of carbonyl (C=O) groups excluding carboxylic acids is 2. The molecule has 3 N–H and O–H groups in total. The molecule has 0 spiro atoms. The molecule has 1 heterocycles. The van der Waals surface area contributed by atoms with Crippen LogP contribution in [-0.4, -0.2) is 65.4 Å². The lowest BCUT2D eigenvalue weighted by atomic mass is 9.82. The number of amides is 1. The molecular formula is C25H30N4O5. The Morgan fingerprint density at radius 1 is 1.09 bits per heavy atom. The summed E-state index contributed by atoms with van der Waals surface area (Å²) in [5.41, 5.74) is 2.16. The van der Waals surface area contributed by atoms with Gasteiger partial charge >= 0.3 is 5.97 Å². The molecule has 0 aliphatic heterocycles. The van der Waals surface area contributed by atoms with Crippen molar-refractivity contribution < 1.29 is 24.2 Å². The third-order valence-electron chi connectivity index (χ3n) is 5.60. The van der Waals surface area contributed by atoms with Crippen molar-refractivity contribution in [3.63, 3.8) is 0 Å². The molecule has 9 heteroatoms. The highest BCUT2D eigenvalue weighted by Crippen LogP contribution is 2.27. The van der Waals surface area contributed by atoms with Gasteiger partial charge in [-0.15, -0.1) is 5.10 Å². The van der Waals surface area contributed by atoms with Crippen LogP contribution in [0.15, 0.2) is 60.8 Å². The number of rotatable bonds is 12. The first-order chi connectivity index (χ1) is 16.4. The van der Waals surface area contributed by atoms with Crippen molar-refractivity contribution in [2.24, 2.45) is 5.41 Å². The van der Waals surface area contributed by atoms with Crippen molar-refractivity contribution in [2.45, 2.75) is 25.8 Å². The normalized spacial score (nSPS) is 13.6. The average molecular weight is 467 g/mol. The summed E-state index contributed by atoms with van der Waals surface area (Å²) in [6.45, 7) is 1.54. The molecule has 0 aliphatic carbocycles. The van der Waals surface area contributed by atoms with Crippen LogP contribution < -0.4 is 5.32 Å². The van der Waals surface area contributed by atoms with Crippen LogP contribution in [0.1, 0.15) is 29.4 Å². The second-order valence-corrected chi connectivity index (χ2v) is 8.36. The Morgan fingerprint density at radius 2 is 1.79 bits per heavy atom.